The molecule has 2 aromatic rings. The molecule has 2 aromatic carbocycles. The van der Waals surface area contributed by atoms with Crippen molar-refractivity contribution in [3.63, 3.8) is 0 Å². The van der Waals surface area contributed by atoms with Crippen molar-refractivity contribution < 1.29 is 17.6 Å². The summed E-state index contributed by atoms with van der Waals surface area (Å²) in [5.41, 5.74) is 0.519. The second-order valence-corrected chi connectivity index (χ2v) is 9.21. The van der Waals surface area contributed by atoms with Crippen LogP contribution >= 0.6 is 11.8 Å². The fourth-order valence-electron chi connectivity index (χ4n) is 3.23. The zero-order valence-corrected chi connectivity index (χ0v) is 17.3. The molecule has 1 heterocycles. The molecule has 0 spiro atoms. The summed E-state index contributed by atoms with van der Waals surface area (Å²) in [6, 6.07) is 9.78. The number of anilines is 1. The van der Waals surface area contributed by atoms with Gasteiger partial charge in [0.25, 0.3) is 15.9 Å². The van der Waals surface area contributed by atoms with Gasteiger partial charge in [0.1, 0.15) is 5.82 Å². The number of halogens is 1. The maximum atomic E-state index is 13.4. The minimum atomic E-state index is -3.95. The molecule has 1 aliphatic heterocycles. The van der Waals surface area contributed by atoms with E-state index in [2.05, 4.69) is 4.72 Å². The minimum Gasteiger partial charge on any atom is -0.339 e. The van der Waals surface area contributed by atoms with Gasteiger partial charge in [0.15, 0.2) is 0 Å². The molecule has 150 valence electrons. The third-order valence-electron chi connectivity index (χ3n) is 4.68. The number of hydrogen-bond acceptors (Lipinski definition) is 4. The number of rotatable bonds is 5. The lowest BCUT2D eigenvalue weighted by atomic mass is 10.2. The van der Waals surface area contributed by atoms with Crippen LogP contribution in [0.3, 0.4) is 0 Å². The number of sulfonamides is 1. The first-order valence-electron chi connectivity index (χ1n) is 9.16. The number of hydrogen-bond donors (Lipinski definition) is 1. The topological polar surface area (TPSA) is 66.5 Å². The monoisotopic (exact) mass is 422 g/mol. The van der Waals surface area contributed by atoms with Crippen LogP contribution in [0.15, 0.2) is 52.3 Å². The van der Waals surface area contributed by atoms with Gasteiger partial charge in [-0.15, -0.1) is 11.8 Å². The first kappa shape index (κ1) is 20.7. The standard InChI is InChI=1S/C20H23FN2O3S2/c1-27-19-10-9-17(28(25,26)22-16-8-6-7-15(21)13-16)14-18(19)20(24)23-11-4-2-3-5-12-23/h6-10,13-14,22H,2-5,11-12H2,1H3. The van der Waals surface area contributed by atoms with E-state index in [0.717, 1.165) is 36.6 Å². The number of nitrogens with one attached hydrogen (secondary N) is 1. The Morgan fingerprint density at radius 3 is 2.43 bits per heavy atom. The first-order valence-corrected chi connectivity index (χ1v) is 11.9. The van der Waals surface area contributed by atoms with E-state index >= 15 is 0 Å². The molecule has 3 rings (SSSR count). The van der Waals surface area contributed by atoms with E-state index in [0.29, 0.717) is 18.7 Å². The molecule has 0 aromatic heterocycles. The van der Waals surface area contributed by atoms with Crippen LogP contribution in [-0.2, 0) is 10.0 Å². The van der Waals surface area contributed by atoms with Crippen molar-refractivity contribution in [2.24, 2.45) is 0 Å². The van der Waals surface area contributed by atoms with Crippen LogP contribution in [0.4, 0.5) is 10.1 Å². The molecule has 0 unspecified atom stereocenters. The third-order valence-corrected chi connectivity index (χ3v) is 6.86. The van der Waals surface area contributed by atoms with Gasteiger partial charge in [-0.05, 0) is 55.5 Å². The number of amides is 1. The fraction of sp³-hybridized carbons (Fsp3) is 0.350. The SMILES string of the molecule is CSc1ccc(S(=O)(=O)Nc2cccc(F)c2)cc1C(=O)N1CCCCCC1. The molecule has 0 atom stereocenters. The van der Waals surface area contributed by atoms with Crippen molar-refractivity contribution >= 4 is 33.4 Å². The van der Waals surface area contributed by atoms with Crippen LogP contribution in [0.25, 0.3) is 0 Å². The van der Waals surface area contributed by atoms with E-state index in [9.17, 15) is 17.6 Å². The molecule has 1 fully saturated rings. The van der Waals surface area contributed by atoms with Crippen LogP contribution in [0.2, 0.25) is 0 Å². The molecule has 5 nitrogen and oxygen atoms in total. The van der Waals surface area contributed by atoms with E-state index in [4.69, 9.17) is 0 Å². The van der Waals surface area contributed by atoms with Crippen molar-refractivity contribution in [2.75, 3.05) is 24.1 Å². The molecule has 0 saturated carbocycles. The van der Waals surface area contributed by atoms with Crippen molar-refractivity contribution in [1.29, 1.82) is 0 Å². The van der Waals surface area contributed by atoms with Gasteiger partial charge in [-0.2, -0.15) is 0 Å². The van der Waals surface area contributed by atoms with Gasteiger partial charge >= 0.3 is 0 Å². The number of benzene rings is 2. The number of likely N-dealkylation sites (tertiary alicyclic amines) is 1. The highest BCUT2D eigenvalue weighted by atomic mass is 32.2. The summed E-state index contributed by atoms with van der Waals surface area (Å²) >= 11 is 1.41. The summed E-state index contributed by atoms with van der Waals surface area (Å²) < 4.78 is 41.2. The van der Waals surface area contributed by atoms with Crippen LogP contribution < -0.4 is 4.72 Å². The predicted octanol–water partition coefficient (Wildman–Crippen LogP) is 4.36. The Kier molecular flexibility index (Phi) is 6.61. The highest BCUT2D eigenvalue weighted by molar-refractivity contribution is 7.98. The highest BCUT2D eigenvalue weighted by Crippen LogP contribution is 2.27. The Balaban J connectivity index is 1.92. The minimum absolute atomic E-state index is 0.0206. The lowest BCUT2D eigenvalue weighted by Crippen LogP contribution is -2.32. The summed E-state index contributed by atoms with van der Waals surface area (Å²) in [6.45, 7) is 1.37. The Morgan fingerprint density at radius 2 is 1.79 bits per heavy atom. The Bertz CT molecular complexity index is 956. The zero-order valence-electron chi connectivity index (χ0n) is 15.7. The normalized spacial score (nSPS) is 15.1. The lowest BCUT2D eigenvalue weighted by molar-refractivity contribution is 0.0758. The first-order chi connectivity index (χ1) is 13.4. The van der Waals surface area contributed by atoms with Crippen LogP contribution in [0.5, 0.6) is 0 Å². The van der Waals surface area contributed by atoms with E-state index < -0.39 is 15.8 Å². The second kappa shape index (κ2) is 8.96. The molecular formula is C20H23FN2O3S2. The van der Waals surface area contributed by atoms with Gasteiger partial charge < -0.3 is 4.90 Å². The van der Waals surface area contributed by atoms with E-state index in [-0.39, 0.29) is 16.5 Å². The molecule has 0 aliphatic carbocycles. The molecule has 1 saturated heterocycles. The zero-order chi connectivity index (χ0) is 20.1. The van der Waals surface area contributed by atoms with Crippen molar-refractivity contribution in [3.8, 4) is 0 Å². The molecular weight excluding hydrogens is 399 g/mol. The fourth-order valence-corrected chi connectivity index (χ4v) is 4.88. The Labute approximate surface area is 169 Å². The van der Waals surface area contributed by atoms with Gasteiger partial charge in [0.05, 0.1) is 16.1 Å². The molecule has 0 radical (unpaired) electrons. The van der Waals surface area contributed by atoms with Crippen molar-refractivity contribution in [3.05, 3.63) is 53.8 Å². The summed E-state index contributed by atoms with van der Waals surface area (Å²) in [5, 5.41) is 0. The molecule has 0 bridgehead atoms. The summed E-state index contributed by atoms with van der Waals surface area (Å²) in [5.74, 6) is -0.677. The maximum absolute atomic E-state index is 13.4. The average molecular weight is 423 g/mol. The van der Waals surface area contributed by atoms with Gasteiger partial charge in [-0.3, -0.25) is 9.52 Å². The quantitative estimate of drug-likeness (QED) is 0.727. The van der Waals surface area contributed by atoms with Gasteiger partial charge in [0.2, 0.25) is 0 Å². The van der Waals surface area contributed by atoms with Crippen LogP contribution in [0.1, 0.15) is 36.0 Å². The average Bonchev–Trinajstić information content (AvgIpc) is 2.96. The Hall–Kier alpha value is -2.06. The van der Waals surface area contributed by atoms with Crippen molar-refractivity contribution in [1.82, 2.24) is 4.90 Å². The van der Waals surface area contributed by atoms with Gasteiger partial charge in [-0.1, -0.05) is 18.9 Å². The maximum Gasteiger partial charge on any atom is 0.261 e. The molecule has 1 N–H and O–H groups in total. The van der Waals surface area contributed by atoms with Crippen LogP contribution in [0, 0.1) is 5.82 Å². The number of nitrogens with zero attached hydrogens (tertiary/aromatic N) is 1. The van der Waals surface area contributed by atoms with Gasteiger partial charge in [-0.25, -0.2) is 12.8 Å². The summed E-state index contributed by atoms with van der Waals surface area (Å²) in [6.07, 6.45) is 5.98. The number of thioether (sulfide) groups is 1. The lowest BCUT2D eigenvalue weighted by Gasteiger charge is -2.22. The van der Waals surface area contributed by atoms with Crippen LogP contribution in [-0.4, -0.2) is 38.6 Å². The largest absolute Gasteiger partial charge is 0.339 e. The van der Waals surface area contributed by atoms with E-state index in [1.54, 1.807) is 11.0 Å². The second-order valence-electron chi connectivity index (χ2n) is 6.68. The summed E-state index contributed by atoms with van der Waals surface area (Å²) in [7, 11) is -3.95. The number of carbonyl (C=O) groups is 1. The van der Waals surface area contributed by atoms with Crippen molar-refractivity contribution in [2.45, 2.75) is 35.5 Å². The third kappa shape index (κ3) is 4.86. The molecule has 1 amide bonds. The summed E-state index contributed by atoms with van der Waals surface area (Å²) in [4.78, 5) is 15.6. The molecule has 1 aliphatic rings. The van der Waals surface area contributed by atoms with Gasteiger partial charge in [0, 0.05) is 18.0 Å². The smallest absolute Gasteiger partial charge is 0.261 e. The Morgan fingerprint density at radius 1 is 1.07 bits per heavy atom. The van der Waals surface area contributed by atoms with E-state index in [1.165, 1.54) is 42.1 Å². The number of carbonyl (C=O) groups excluding carboxylic acids is 1. The predicted molar refractivity (Wildman–Crippen MR) is 110 cm³/mol. The molecule has 28 heavy (non-hydrogen) atoms. The molecule has 8 heteroatoms. The van der Waals surface area contributed by atoms with E-state index in [1.807, 2.05) is 6.26 Å². The highest BCUT2D eigenvalue weighted by Gasteiger charge is 2.23.